The van der Waals surface area contributed by atoms with Crippen molar-refractivity contribution < 1.29 is 19.6 Å². The quantitative estimate of drug-likeness (QED) is 0.506. The van der Waals surface area contributed by atoms with Crippen LogP contribution in [0.15, 0.2) is 28.9 Å². The first kappa shape index (κ1) is 10.5. The summed E-state index contributed by atoms with van der Waals surface area (Å²) in [6.45, 7) is 0. The molecule has 8 nitrogen and oxygen atoms in total. The Balaban J connectivity index is 2.01. The van der Waals surface area contributed by atoms with Crippen LogP contribution in [-0.2, 0) is 5.72 Å². The Hall–Kier alpha value is -2.45. The third-order valence-corrected chi connectivity index (χ3v) is 3.50. The van der Waals surface area contributed by atoms with Gasteiger partial charge in [-0.05, 0) is 10.3 Å². The predicted octanol–water partition coefficient (Wildman–Crippen LogP) is -0.363. The molecule has 2 heterocycles. The van der Waals surface area contributed by atoms with Crippen LogP contribution in [0.4, 0.5) is 11.6 Å². The van der Waals surface area contributed by atoms with Gasteiger partial charge in [0.05, 0.1) is 0 Å². The van der Waals surface area contributed by atoms with E-state index < -0.39 is 17.2 Å². The molecule has 2 aliphatic rings. The fourth-order valence-corrected chi connectivity index (χ4v) is 2.55. The summed E-state index contributed by atoms with van der Waals surface area (Å²) in [5.74, 6) is -0.461. The van der Waals surface area contributed by atoms with Gasteiger partial charge in [-0.2, -0.15) is 0 Å². The van der Waals surface area contributed by atoms with Gasteiger partial charge >= 0.3 is 0 Å². The smallest absolute Gasteiger partial charge is 0.255 e. The molecule has 1 aliphatic carbocycles. The fraction of sp³-hybridized carbons (Fsp3) is 0.182. The van der Waals surface area contributed by atoms with Gasteiger partial charge in [0.2, 0.25) is 23.1 Å². The van der Waals surface area contributed by atoms with Crippen molar-refractivity contribution in [1.29, 1.82) is 0 Å². The summed E-state index contributed by atoms with van der Waals surface area (Å²) in [7, 11) is 0. The largest absolute Gasteiger partial charge is 0.363 e. The van der Waals surface area contributed by atoms with Gasteiger partial charge in [0.1, 0.15) is 0 Å². The van der Waals surface area contributed by atoms with Crippen LogP contribution in [0.25, 0.3) is 0 Å². The van der Waals surface area contributed by atoms with Crippen molar-refractivity contribution in [2.75, 3.05) is 10.6 Å². The molecular formula is C11H8N4O4. The Labute approximate surface area is 106 Å². The Morgan fingerprint density at radius 1 is 1.05 bits per heavy atom. The number of aromatic nitrogens is 2. The lowest BCUT2D eigenvalue weighted by atomic mass is 9.96. The summed E-state index contributed by atoms with van der Waals surface area (Å²) in [4.78, 5) is 12.3. The van der Waals surface area contributed by atoms with Gasteiger partial charge in [0.15, 0.2) is 0 Å². The molecule has 0 bridgehead atoms. The zero-order valence-corrected chi connectivity index (χ0v) is 9.41. The van der Waals surface area contributed by atoms with E-state index in [4.69, 9.17) is 0 Å². The fourth-order valence-electron chi connectivity index (χ4n) is 2.55. The molecule has 4 N–H and O–H groups in total. The van der Waals surface area contributed by atoms with E-state index in [-0.39, 0.29) is 22.8 Å². The average molecular weight is 260 g/mol. The zero-order valence-electron chi connectivity index (χ0n) is 9.41. The number of Topliss-reactive ketones (excluding diaryl/α,β-unsaturated/α-hetero) is 1. The SMILES string of the molecule is O=C1c2ccccc2[C@@]2(O)Nc3nonc3N[C@]12O. The minimum atomic E-state index is -2.25. The summed E-state index contributed by atoms with van der Waals surface area (Å²) in [6.07, 6.45) is 0. The number of fused-ring (bicyclic) bond motifs is 4. The molecule has 0 unspecified atom stereocenters. The highest BCUT2D eigenvalue weighted by Gasteiger charge is 2.66. The highest BCUT2D eigenvalue weighted by Crippen LogP contribution is 2.48. The van der Waals surface area contributed by atoms with Crippen molar-refractivity contribution in [2.24, 2.45) is 0 Å². The Bertz CT molecular complexity index is 714. The van der Waals surface area contributed by atoms with Gasteiger partial charge in [-0.25, -0.2) is 4.63 Å². The molecule has 1 aromatic heterocycles. The first-order valence-corrected chi connectivity index (χ1v) is 5.54. The maximum absolute atomic E-state index is 12.3. The van der Waals surface area contributed by atoms with Crippen LogP contribution in [-0.4, -0.2) is 32.0 Å². The van der Waals surface area contributed by atoms with Gasteiger partial charge in [0, 0.05) is 11.1 Å². The molecule has 0 saturated heterocycles. The van der Waals surface area contributed by atoms with E-state index in [1.807, 2.05) is 0 Å². The van der Waals surface area contributed by atoms with Gasteiger partial charge in [0.25, 0.3) is 5.72 Å². The van der Waals surface area contributed by atoms with E-state index in [9.17, 15) is 15.0 Å². The molecule has 96 valence electrons. The molecule has 1 aliphatic heterocycles. The number of ketones is 1. The molecule has 0 amide bonds. The minimum Gasteiger partial charge on any atom is -0.363 e. The summed E-state index contributed by atoms with van der Waals surface area (Å²) in [5.41, 5.74) is -3.77. The van der Waals surface area contributed by atoms with Crippen molar-refractivity contribution in [3.8, 4) is 0 Å². The van der Waals surface area contributed by atoms with Crippen LogP contribution in [0, 0.1) is 0 Å². The topological polar surface area (TPSA) is 121 Å². The van der Waals surface area contributed by atoms with Gasteiger partial charge < -0.3 is 20.8 Å². The van der Waals surface area contributed by atoms with E-state index in [1.54, 1.807) is 18.2 Å². The number of aliphatic hydroxyl groups is 2. The van der Waals surface area contributed by atoms with Gasteiger partial charge in [-0.1, -0.05) is 24.3 Å². The highest BCUT2D eigenvalue weighted by atomic mass is 16.6. The molecule has 8 heteroatoms. The van der Waals surface area contributed by atoms with Crippen molar-refractivity contribution in [3.05, 3.63) is 35.4 Å². The lowest BCUT2D eigenvalue weighted by Gasteiger charge is -2.40. The minimum absolute atomic E-state index is 0.0633. The summed E-state index contributed by atoms with van der Waals surface area (Å²) in [6, 6.07) is 6.40. The number of rotatable bonds is 0. The molecule has 0 fully saturated rings. The van der Waals surface area contributed by atoms with E-state index >= 15 is 0 Å². The van der Waals surface area contributed by atoms with E-state index in [2.05, 4.69) is 25.6 Å². The Morgan fingerprint density at radius 3 is 2.42 bits per heavy atom. The van der Waals surface area contributed by atoms with Crippen LogP contribution >= 0.6 is 0 Å². The normalized spacial score (nSPS) is 30.9. The number of hydrogen-bond donors (Lipinski definition) is 4. The number of carbonyl (C=O) groups is 1. The number of nitrogens with zero attached hydrogens (tertiary/aromatic N) is 2. The van der Waals surface area contributed by atoms with Gasteiger partial charge in [-0.15, -0.1) is 0 Å². The molecule has 0 radical (unpaired) electrons. The van der Waals surface area contributed by atoms with Crippen LogP contribution in [0.5, 0.6) is 0 Å². The predicted molar refractivity (Wildman–Crippen MR) is 61.2 cm³/mol. The second kappa shape index (κ2) is 2.92. The first-order valence-electron chi connectivity index (χ1n) is 5.54. The van der Waals surface area contributed by atoms with Crippen LogP contribution in [0.2, 0.25) is 0 Å². The lowest BCUT2D eigenvalue weighted by molar-refractivity contribution is -0.0917. The lowest BCUT2D eigenvalue weighted by Crippen LogP contribution is -2.63. The summed E-state index contributed by atoms with van der Waals surface area (Å²) < 4.78 is 4.49. The second-order valence-electron chi connectivity index (χ2n) is 4.51. The Kier molecular flexibility index (Phi) is 1.61. The standard InChI is InChI=1S/C11H8N4O4/c16-7-5-3-1-2-4-6(5)10(17)11(7,18)13-9-8(12-10)14-19-15-9/h1-4,17-18H,(H,12,14)(H,13,15)/t10-,11-/m0/s1. The molecule has 0 spiro atoms. The van der Waals surface area contributed by atoms with Crippen LogP contribution < -0.4 is 10.6 Å². The zero-order chi connectivity index (χ0) is 13.3. The number of carbonyl (C=O) groups excluding carboxylic acids is 1. The van der Waals surface area contributed by atoms with E-state index in [0.29, 0.717) is 0 Å². The molecule has 1 aromatic carbocycles. The molecular weight excluding hydrogens is 252 g/mol. The monoisotopic (exact) mass is 260 g/mol. The third kappa shape index (κ3) is 0.996. The number of hydrogen-bond acceptors (Lipinski definition) is 8. The maximum Gasteiger partial charge on any atom is 0.255 e. The van der Waals surface area contributed by atoms with E-state index in [0.717, 1.165) is 0 Å². The van der Waals surface area contributed by atoms with E-state index in [1.165, 1.54) is 6.07 Å². The van der Waals surface area contributed by atoms with Crippen molar-refractivity contribution in [3.63, 3.8) is 0 Å². The van der Waals surface area contributed by atoms with Gasteiger partial charge in [-0.3, -0.25) is 4.79 Å². The molecule has 19 heavy (non-hydrogen) atoms. The highest BCUT2D eigenvalue weighted by molar-refractivity contribution is 6.11. The summed E-state index contributed by atoms with van der Waals surface area (Å²) in [5, 5.41) is 33.4. The third-order valence-electron chi connectivity index (χ3n) is 3.50. The molecule has 2 atom stereocenters. The Morgan fingerprint density at radius 2 is 1.68 bits per heavy atom. The maximum atomic E-state index is 12.3. The molecule has 4 rings (SSSR count). The number of benzene rings is 1. The average Bonchev–Trinajstić information content (AvgIpc) is 2.90. The van der Waals surface area contributed by atoms with Crippen molar-refractivity contribution >= 4 is 17.4 Å². The summed E-state index contributed by atoms with van der Waals surface area (Å²) >= 11 is 0. The second-order valence-corrected chi connectivity index (χ2v) is 4.51. The number of nitrogens with one attached hydrogen (secondary N) is 2. The molecule has 0 saturated carbocycles. The molecule has 2 aromatic rings. The van der Waals surface area contributed by atoms with Crippen molar-refractivity contribution in [1.82, 2.24) is 10.3 Å². The van der Waals surface area contributed by atoms with Crippen LogP contribution in [0.1, 0.15) is 15.9 Å². The number of anilines is 2. The first-order chi connectivity index (χ1) is 9.06. The van der Waals surface area contributed by atoms with Crippen LogP contribution in [0.3, 0.4) is 0 Å². The van der Waals surface area contributed by atoms with Crippen molar-refractivity contribution in [2.45, 2.75) is 11.4 Å².